The van der Waals surface area contributed by atoms with Crippen LogP contribution in [0, 0.1) is 5.92 Å². The molecule has 1 unspecified atom stereocenters. The normalized spacial score (nSPS) is 14.5. The van der Waals surface area contributed by atoms with E-state index in [1.807, 2.05) is 54.6 Å². The van der Waals surface area contributed by atoms with Gasteiger partial charge in [0, 0.05) is 21.9 Å². The number of hydrogen-bond donors (Lipinski definition) is 2. The Balaban J connectivity index is 1.46. The molecule has 1 saturated carbocycles. The minimum Gasteiger partial charge on any atom is -0.466 e. The Kier molecular flexibility index (Phi) is 9.73. The standard InChI is InChI=1S/C28H31N3O4S2/c1-2-35-24(32)17-22-18-36-28(30-22)31-27(34)25(19-10-5-3-6-11-19)37-23-15-9-14-21(16-23)29-26(33)20-12-7-4-8-13-20/h3,5-6,9-11,14-16,18,20,25H,2,4,7-8,12-13,17H2,1H3,(H,29,33)(H,30,31,34). The predicted molar refractivity (Wildman–Crippen MR) is 148 cm³/mol. The summed E-state index contributed by atoms with van der Waals surface area (Å²) in [4.78, 5) is 43.1. The van der Waals surface area contributed by atoms with E-state index in [1.165, 1.54) is 29.5 Å². The number of carbonyl (C=O) groups is 3. The molecule has 194 valence electrons. The van der Waals surface area contributed by atoms with E-state index in [2.05, 4.69) is 15.6 Å². The molecule has 0 radical (unpaired) electrons. The van der Waals surface area contributed by atoms with Gasteiger partial charge in [-0.2, -0.15) is 0 Å². The highest BCUT2D eigenvalue weighted by atomic mass is 32.2. The van der Waals surface area contributed by atoms with Crippen LogP contribution in [0.5, 0.6) is 0 Å². The van der Waals surface area contributed by atoms with Gasteiger partial charge in [-0.1, -0.05) is 55.7 Å². The van der Waals surface area contributed by atoms with Crippen molar-refractivity contribution in [1.29, 1.82) is 0 Å². The maximum atomic E-state index is 13.4. The number of carbonyl (C=O) groups excluding carboxylic acids is 3. The number of nitrogens with zero attached hydrogens (tertiary/aromatic N) is 1. The van der Waals surface area contributed by atoms with Gasteiger partial charge in [-0.3, -0.25) is 14.4 Å². The SMILES string of the molecule is CCOC(=O)Cc1csc(NC(=O)C(Sc2cccc(NC(=O)C3CCCCC3)c2)c2ccccc2)n1. The smallest absolute Gasteiger partial charge is 0.311 e. The molecule has 7 nitrogen and oxygen atoms in total. The molecule has 3 aromatic rings. The van der Waals surface area contributed by atoms with Crippen LogP contribution in [-0.4, -0.2) is 29.4 Å². The van der Waals surface area contributed by atoms with E-state index >= 15 is 0 Å². The Bertz CT molecular complexity index is 1210. The summed E-state index contributed by atoms with van der Waals surface area (Å²) < 4.78 is 4.98. The molecule has 1 fully saturated rings. The average Bonchev–Trinajstić information content (AvgIpc) is 3.34. The molecule has 0 bridgehead atoms. The maximum Gasteiger partial charge on any atom is 0.311 e. The molecule has 1 heterocycles. The zero-order chi connectivity index (χ0) is 26.0. The van der Waals surface area contributed by atoms with Crippen molar-refractivity contribution in [3.63, 3.8) is 0 Å². The number of ether oxygens (including phenoxy) is 1. The van der Waals surface area contributed by atoms with Crippen molar-refractivity contribution in [3.05, 3.63) is 71.2 Å². The fourth-order valence-electron chi connectivity index (χ4n) is 4.27. The first-order valence-corrected chi connectivity index (χ1v) is 14.3. The Hall–Kier alpha value is -3.17. The lowest BCUT2D eigenvalue weighted by molar-refractivity contribution is -0.142. The second kappa shape index (κ2) is 13.4. The molecule has 1 aromatic heterocycles. The number of benzene rings is 2. The van der Waals surface area contributed by atoms with Crippen LogP contribution in [0.4, 0.5) is 10.8 Å². The summed E-state index contributed by atoms with van der Waals surface area (Å²) in [5, 5.41) is 7.60. The first-order chi connectivity index (χ1) is 18.0. The number of rotatable bonds is 10. The zero-order valence-corrected chi connectivity index (χ0v) is 22.4. The largest absolute Gasteiger partial charge is 0.466 e. The molecule has 1 atom stereocenters. The van der Waals surface area contributed by atoms with Gasteiger partial charge in [0.25, 0.3) is 0 Å². The van der Waals surface area contributed by atoms with Crippen LogP contribution in [-0.2, 0) is 25.5 Å². The van der Waals surface area contributed by atoms with E-state index in [9.17, 15) is 14.4 Å². The number of anilines is 2. The number of amides is 2. The second-order valence-corrected chi connectivity index (χ2v) is 10.9. The van der Waals surface area contributed by atoms with Crippen LogP contribution in [0.25, 0.3) is 0 Å². The summed E-state index contributed by atoms with van der Waals surface area (Å²) in [7, 11) is 0. The number of nitrogens with one attached hydrogen (secondary N) is 2. The Labute approximate surface area is 225 Å². The van der Waals surface area contributed by atoms with Gasteiger partial charge >= 0.3 is 5.97 Å². The zero-order valence-electron chi connectivity index (χ0n) is 20.8. The van der Waals surface area contributed by atoms with Crippen molar-refractivity contribution in [2.75, 3.05) is 17.2 Å². The highest BCUT2D eigenvalue weighted by molar-refractivity contribution is 8.00. The van der Waals surface area contributed by atoms with Crippen molar-refractivity contribution < 1.29 is 19.1 Å². The molecule has 2 aromatic carbocycles. The molecule has 1 aliphatic carbocycles. The van der Waals surface area contributed by atoms with Crippen molar-refractivity contribution in [1.82, 2.24) is 4.98 Å². The van der Waals surface area contributed by atoms with E-state index < -0.39 is 5.25 Å². The quantitative estimate of drug-likeness (QED) is 0.235. The fraction of sp³-hybridized carbons (Fsp3) is 0.357. The molecule has 1 aliphatic rings. The summed E-state index contributed by atoms with van der Waals surface area (Å²) in [6.45, 7) is 2.07. The average molecular weight is 538 g/mol. The first kappa shape index (κ1) is 26.9. The summed E-state index contributed by atoms with van der Waals surface area (Å²) in [6.07, 6.45) is 5.35. The molecule has 2 amide bonds. The first-order valence-electron chi connectivity index (χ1n) is 12.5. The molecule has 2 N–H and O–H groups in total. The number of thioether (sulfide) groups is 1. The van der Waals surface area contributed by atoms with Gasteiger partial charge in [-0.05, 0) is 43.5 Å². The molecule has 9 heteroatoms. The Morgan fingerprint density at radius 1 is 1.05 bits per heavy atom. The minimum atomic E-state index is -0.539. The lowest BCUT2D eigenvalue weighted by atomic mass is 9.88. The maximum absolute atomic E-state index is 13.4. The summed E-state index contributed by atoms with van der Waals surface area (Å²) in [5.74, 6) is -0.426. The Morgan fingerprint density at radius 2 is 1.84 bits per heavy atom. The Morgan fingerprint density at radius 3 is 2.59 bits per heavy atom. The van der Waals surface area contributed by atoms with Gasteiger partial charge in [0.05, 0.1) is 18.7 Å². The van der Waals surface area contributed by atoms with Crippen LogP contribution in [0.3, 0.4) is 0 Å². The third-order valence-electron chi connectivity index (χ3n) is 6.08. The third kappa shape index (κ3) is 7.90. The second-order valence-electron chi connectivity index (χ2n) is 8.88. The fourth-order valence-corrected chi connectivity index (χ4v) is 6.07. The van der Waals surface area contributed by atoms with Gasteiger partial charge in [0.15, 0.2) is 5.13 Å². The van der Waals surface area contributed by atoms with Gasteiger partial charge in [-0.15, -0.1) is 23.1 Å². The molecule has 0 spiro atoms. The summed E-state index contributed by atoms with van der Waals surface area (Å²) in [5.41, 5.74) is 2.14. The van der Waals surface area contributed by atoms with Crippen LogP contribution >= 0.6 is 23.1 Å². The molecule has 4 rings (SSSR count). The van der Waals surface area contributed by atoms with E-state index in [-0.39, 0.29) is 30.1 Å². The minimum absolute atomic E-state index is 0.0659. The van der Waals surface area contributed by atoms with E-state index in [4.69, 9.17) is 4.74 Å². The summed E-state index contributed by atoms with van der Waals surface area (Å²) >= 11 is 2.68. The molecular formula is C28H31N3O4S2. The summed E-state index contributed by atoms with van der Waals surface area (Å²) in [6, 6.07) is 17.2. The highest BCUT2D eigenvalue weighted by Gasteiger charge is 2.24. The monoisotopic (exact) mass is 537 g/mol. The van der Waals surface area contributed by atoms with Crippen LogP contribution in [0.15, 0.2) is 64.9 Å². The molecular weight excluding hydrogens is 506 g/mol. The topological polar surface area (TPSA) is 97.4 Å². The van der Waals surface area contributed by atoms with Gasteiger partial charge in [0.2, 0.25) is 11.8 Å². The number of aromatic nitrogens is 1. The van der Waals surface area contributed by atoms with Crippen LogP contribution < -0.4 is 10.6 Å². The van der Waals surface area contributed by atoms with E-state index in [1.54, 1.807) is 12.3 Å². The highest BCUT2D eigenvalue weighted by Crippen LogP contribution is 2.37. The van der Waals surface area contributed by atoms with Crippen molar-refractivity contribution in [2.45, 2.75) is 55.6 Å². The predicted octanol–water partition coefficient (Wildman–Crippen LogP) is 6.24. The number of thiazole rings is 1. The number of hydrogen-bond acceptors (Lipinski definition) is 7. The van der Waals surface area contributed by atoms with Gasteiger partial charge in [0.1, 0.15) is 5.25 Å². The van der Waals surface area contributed by atoms with Gasteiger partial charge in [-0.25, -0.2) is 4.98 Å². The van der Waals surface area contributed by atoms with Crippen molar-refractivity contribution in [2.24, 2.45) is 5.92 Å². The van der Waals surface area contributed by atoms with E-state index in [0.29, 0.717) is 17.4 Å². The molecule has 37 heavy (non-hydrogen) atoms. The lowest BCUT2D eigenvalue weighted by Gasteiger charge is -2.21. The third-order valence-corrected chi connectivity index (χ3v) is 8.14. The number of esters is 1. The van der Waals surface area contributed by atoms with Crippen molar-refractivity contribution in [3.8, 4) is 0 Å². The lowest BCUT2D eigenvalue weighted by Crippen LogP contribution is -2.24. The van der Waals surface area contributed by atoms with Crippen LogP contribution in [0.1, 0.15) is 55.5 Å². The molecule has 0 aliphatic heterocycles. The molecule has 0 saturated heterocycles. The van der Waals surface area contributed by atoms with Gasteiger partial charge < -0.3 is 15.4 Å². The van der Waals surface area contributed by atoms with E-state index in [0.717, 1.165) is 41.8 Å². The van der Waals surface area contributed by atoms with Crippen LogP contribution in [0.2, 0.25) is 0 Å². The van der Waals surface area contributed by atoms with Crippen molar-refractivity contribution >= 4 is 51.7 Å².